The first-order chi connectivity index (χ1) is 11.1. The lowest BCUT2D eigenvalue weighted by Crippen LogP contribution is -2.04. The van der Waals surface area contributed by atoms with Crippen LogP contribution in [0.15, 0.2) is 60.7 Å². The molecule has 3 rings (SSSR count). The van der Waals surface area contributed by atoms with Crippen molar-refractivity contribution in [1.29, 1.82) is 0 Å². The van der Waals surface area contributed by atoms with Crippen molar-refractivity contribution in [2.75, 3.05) is 0 Å². The highest BCUT2D eigenvalue weighted by Crippen LogP contribution is 2.36. The topological polar surface area (TPSA) is 35.5 Å². The van der Waals surface area contributed by atoms with Gasteiger partial charge >= 0.3 is 5.97 Å². The van der Waals surface area contributed by atoms with Gasteiger partial charge in [-0.3, -0.25) is 4.79 Å². The molecule has 0 heterocycles. The van der Waals surface area contributed by atoms with Crippen LogP contribution in [-0.4, -0.2) is 5.97 Å². The smallest absolute Gasteiger partial charge is 0.308 e. The number of rotatable bonds is 4. The molecule has 0 atom stereocenters. The van der Waals surface area contributed by atoms with Crippen molar-refractivity contribution in [2.45, 2.75) is 20.5 Å². The minimum Gasteiger partial charge on any atom is -0.488 e. The molecule has 0 radical (unpaired) electrons. The molecule has 0 unspecified atom stereocenters. The quantitative estimate of drug-likeness (QED) is 0.520. The van der Waals surface area contributed by atoms with Crippen molar-refractivity contribution >= 4 is 16.7 Å². The lowest BCUT2D eigenvalue weighted by atomic mass is 10.0. The molecule has 3 aromatic carbocycles. The molecule has 3 heteroatoms. The molecule has 0 amide bonds. The van der Waals surface area contributed by atoms with Gasteiger partial charge in [-0.1, -0.05) is 54.6 Å². The third-order valence-corrected chi connectivity index (χ3v) is 3.63. The number of fused-ring (bicyclic) bond motifs is 1. The van der Waals surface area contributed by atoms with Crippen molar-refractivity contribution in [2.24, 2.45) is 0 Å². The van der Waals surface area contributed by atoms with Gasteiger partial charge in [-0.25, -0.2) is 0 Å². The predicted octanol–water partition coefficient (Wildman–Crippen LogP) is 4.65. The third-order valence-electron chi connectivity index (χ3n) is 3.63. The van der Waals surface area contributed by atoms with Crippen LogP contribution in [0.2, 0.25) is 0 Å². The van der Waals surface area contributed by atoms with Gasteiger partial charge in [0, 0.05) is 17.7 Å². The summed E-state index contributed by atoms with van der Waals surface area (Å²) in [7, 11) is 0. The van der Waals surface area contributed by atoms with Gasteiger partial charge < -0.3 is 9.47 Å². The van der Waals surface area contributed by atoms with Crippen molar-refractivity contribution in [1.82, 2.24) is 0 Å². The highest BCUT2D eigenvalue weighted by molar-refractivity contribution is 5.95. The van der Waals surface area contributed by atoms with Crippen LogP contribution in [0.25, 0.3) is 10.8 Å². The van der Waals surface area contributed by atoms with Gasteiger partial charge in [0.15, 0.2) is 0 Å². The number of aryl methyl sites for hydroxylation is 1. The SMILES string of the molecule is CC(=O)Oc1c(C)cc(OCc2ccccc2)c2ccccc12. The van der Waals surface area contributed by atoms with Gasteiger partial charge in [0.2, 0.25) is 0 Å². The first kappa shape index (κ1) is 15.1. The van der Waals surface area contributed by atoms with E-state index in [-0.39, 0.29) is 5.97 Å². The molecule has 0 aromatic heterocycles. The lowest BCUT2D eigenvalue weighted by molar-refractivity contribution is -0.131. The van der Waals surface area contributed by atoms with E-state index in [4.69, 9.17) is 9.47 Å². The summed E-state index contributed by atoms with van der Waals surface area (Å²) in [6, 6.07) is 19.7. The Morgan fingerprint density at radius 2 is 1.61 bits per heavy atom. The summed E-state index contributed by atoms with van der Waals surface area (Å²) in [4.78, 5) is 11.4. The monoisotopic (exact) mass is 306 g/mol. The van der Waals surface area contributed by atoms with Crippen LogP contribution in [0.5, 0.6) is 11.5 Å². The molecule has 0 fully saturated rings. The van der Waals surface area contributed by atoms with Crippen molar-refractivity contribution in [3.05, 3.63) is 71.8 Å². The first-order valence-electron chi connectivity index (χ1n) is 7.52. The van der Waals surface area contributed by atoms with Gasteiger partial charge in [-0.15, -0.1) is 0 Å². The number of hydrogen-bond donors (Lipinski definition) is 0. The molecule has 23 heavy (non-hydrogen) atoms. The lowest BCUT2D eigenvalue weighted by Gasteiger charge is -2.15. The summed E-state index contributed by atoms with van der Waals surface area (Å²) < 4.78 is 11.4. The number of carbonyl (C=O) groups excluding carboxylic acids is 1. The Bertz CT molecular complexity index is 838. The molecule has 0 saturated carbocycles. The van der Waals surface area contributed by atoms with Crippen LogP contribution >= 0.6 is 0 Å². The molecule has 0 aliphatic heterocycles. The molecule has 0 spiro atoms. The van der Waals surface area contributed by atoms with Crippen LogP contribution in [0.1, 0.15) is 18.1 Å². The molecular weight excluding hydrogens is 288 g/mol. The van der Waals surface area contributed by atoms with Gasteiger partial charge in [-0.2, -0.15) is 0 Å². The van der Waals surface area contributed by atoms with E-state index in [9.17, 15) is 4.79 Å². The second-order valence-electron chi connectivity index (χ2n) is 5.43. The zero-order chi connectivity index (χ0) is 16.2. The largest absolute Gasteiger partial charge is 0.488 e. The van der Waals surface area contributed by atoms with Crippen LogP contribution in [0.3, 0.4) is 0 Å². The van der Waals surface area contributed by atoms with E-state index in [0.717, 1.165) is 27.6 Å². The van der Waals surface area contributed by atoms with Crippen molar-refractivity contribution < 1.29 is 14.3 Å². The maximum Gasteiger partial charge on any atom is 0.308 e. The highest BCUT2D eigenvalue weighted by Gasteiger charge is 2.13. The predicted molar refractivity (Wildman–Crippen MR) is 90.8 cm³/mol. The first-order valence-corrected chi connectivity index (χ1v) is 7.52. The standard InChI is InChI=1S/C20H18O3/c1-14-12-19(22-13-16-8-4-3-5-9-16)17-10-6-7-11-18(17)20(14)23-15(2)21/h3-12H,13H2,1-2H3. The summed E-state index contributed by atoms with van der Waals surface area (Å²) in [5, 5.41) is 1.82. The molecule has 3 aromatic rings. The average molecular weight is 306 g/mol. The van der Waals surface area contributed by atoms with E-state index < -0.39 is 0 Å². The number of esters is 1. The van der Waals surface area contributed by atoms with E-state index in [0.29, 0.717) is 12.4 Å². The molecular formula is C20H18O3. The number of hydrogen-bond acceptors (Lipinski definition) is 3. The van der Waals surface area contributed by atoms with E-state index in [1.807, 2.05) is 67.6 Å². The van der Waals surface area contributed by atoms with Crippen molar-refractivity contribution in [3.8, 4) is 11.5 Å². The minimum atomic E-state index is -0.323. The van der Waals surface area contributed by atoms with Gasteiger partial charge in [0.05, 0.1) is 0 Å². The van der Waals surface area contributed by atoms with Crippen LogP contribution in [0.4, 0.5) is 0 Å². The number of ether oxygens (including phenoxy) is 2. The summed E-state index contributed by atoms with van der Waals surface area (Å²) in [6.45, 7) is 3.82. The fourth-order valence-electron chi connectivity index (χ4n) is 2.58. The highest BCUT2D eigenvalue weighted by atomic mass is 16.5. The maximum absolute atomic E-state index is 11.4. The third kappa shape index (κ3) is 3.34. The Hall–Kier alpha value is -2.81. The Labute approximate surface area is 135 Å². The normalized spacial score (nSPS) is 10.5. The molecule has 0 aliphatic rings. The van der Waals surface area contributed by atoms with Crippen molar-refractivity contribution in [3.63, 3.8) is 0 Å². The van der Waals surface area contributed by atoms with E-state index in [1.165, 1.54) is 6.92 Å². The molecule has 3 nitrogen and oxygen atoms in total. The Morgan fingerprint density at radius 1 is 0.957 bits per heavy atom. The molecule has 0 saturated heterocycles. The summed E-state index contributed by atoms with van der Waals surface area (Å²) in [5.74, 6) is 1.06. The van der Waals surface area contributed by atoms with E-state index in [1.54, 1.807) is 0 Å². The molecule has 0 bridgehead atoms. The minimum absolute atomic E-state index is 0.323. The Morgan fingerprint density at radius 3 is 2.30 bits per heavy atom. The summed E-state index contributed by atoms with van der Waals surface area (Å²) in [6.07, 6.45) is 0. The van der Waals surface area contributed by atoms with Gasteiger partial charge in [-0.05, 0) is 24.1 Å². The fraction of sp³-hybridized carbons (Fsp3) is 0.150. The van der Waals surface area contributed by atoms with Crippen LogP contribution < -0.4 is 9.47 Å². The zero-order valence-corrected chi connectivity index (χ0v) is 13.2. The second-order valence-corrected chi connectivity index (χ2v) is 5.43. The molecule has 116 valence electrons. The van der Waals surface area contributed by atoms with Crippen LogP contribution in [0, 0.1) is 6.92 Å². The molecule has 0 N–H and O–H groups in total. The Kier molecular flexibility index (Phi) is 4.29. The summed E-state index contributed by atoms with van der Waals surface area (Å²) in [5.41, 5.74) is 1.99. The Balaban J connectivity index is 1.99. The van der Waals surface area contributed by atoms with Gasteiger partial charge in [0.25, 0.3) is 0 Å². The maximum atomic E-state index is 11.4. The zero-order valence-electron chi connectivity index (χ0n) is 13.2. The van der Waals surface area contributed by atoms with Crippen LogP contribution in [-0.2, 0) is 11.4 Å². The second kappa shape index (κ2) is 6.53. The van der Waals surface area contributed by atoms with E-state index >= 15 is 0 Å². The summed E-state index contributed by atoms with van der Waals surface area (Å²) >= 11 is 0. The van der Waals surface area contributed by atoms with Gasteiger partial charge in [0.1, 0.15) is 18.1 Å². The van der Waals surface area contributed by atoms with E-state index in [2.05, 4.69) is 0 Å². The number of carbonyl (C=O) groups is 1. The fourth-order valence-corrected chi connectivity index (χ4v) is 2.58. The molecule has 0 aliphatic carbocycles. The number of benzene rings is 3. The average Bonchev–Trinajstić information content (AvgIpc) is 2.56.